The van der Waals surface area contributed by atoms with Crippen LogP contribution in [-0.4, -0.2) is 69.3 Å². The van der Waals surface area contributed by atoms with E-state index in [0.717, 1.165) is 13.0 Å². The maximum Gasteiger partial charge on any atom is 0.213 e. The molecule has 15 heavy (non-hydrogen) atoms. The molecule has 0 saturated carbocycles. The highest BCUT2D eigenvalue weighted by atomic mass is 32.2. The van der Waals surface area contributed by atoms with Gasteiger partial charge in [-0.25, -0.2) is 12.7 Å². The molecular weight excluding hydrogens is 216 g/mol. The van der Waals surface area contributed by atoms with Crippen LogP contribution in [-0.2, 0) is 10.0 Å². The molecule has 0 atom stereocenters. The number of hydrogen-bond acceptors (Lipinski definition) is 4. The first-order chi connectivity index (χ1) is 6.90. The van der Waals surface area contributed by atoms with Crippen molar-refractivity contribution in [3.8, 4) is 0 Å². The van der Waals surface area contributed by atoms with Crippen molar-refractivity contribution in [2.75, 3.05) is 46.6 Å². The quantitative estimate of drug-likeness (QED) is 0.624. The first-order valence-electron chi connectivity index (χ1n) is 5.09. The Morgan fingerprint density at radius 2 is 1.67 bits per heavy atom. The highest BCUT2D eigenvalue weighted by molar-refractivity contribution is 7.89. The van der Waals surface area contributed by atoms with Crippen molar-refractivity contribution < 1.29 is 13.5 Å². The van der Waals surface area contributed by atoms with Crippen LogP contribution in [0.25, 0.3) is 0 Å². The second-order valence-electron chi connectivity index (χ2n) is 3.87. The van der Waals surface area contributed by atoms with Gasteiger partial charge in [0.25, 0.3) is 0 Å². The summed E-state index contributed by atoms with van der Waals surface area (Å²) in [6, 6.07) is 0. The molecule has 0 aliphatic carbocycles. The van der Waals surface area contributed by atoms with Gasteiger partial charge in [0, 0.05) is 20.2 Å². The smallest absolute Gasteiger partial charge is 0.213 e. The van der Waals surface area contributed by atoms with E-state index in [4.69, 9.17) is 5.11 Å². The predicted molar refractivity (Wildman–Crippen MR) is 61.3 cm³/mol. The van der Waals surface area contributed by atoms with E-state index in [1.807, 2.05) is 19.0 Å². The molecule has 0 aliphatic rings. The Balaban J connectivity index is 3.91. The van der Waals surface area contributed by atoms with Crippen molar-refractivity contribution >= 4 is 10.0 Å². The van der Waals surface area contributed by atoms with E-state index in [2.05, 4.69) is 0 Å². The fourth-order valence-corrected chi connectivity index (χ4v) is 2.36. The summed E-state index contributed by atoms with van der Waals surface area (Å²) in [5.74, 6) is 0.0297. The standard InChI is InChI=1S/C9H22N2O3S/c1-10(2)6-4-7-11(3)15(13,14)9-5-8-12/h12H,4-9H2,1-3H3. The van der Waals surface area contributed by atoms with Gasteiger partial charge in [-0.3, -0.25) is 0 Å². The van der Waals surface area contributed by atoms with Crippen LogP contribution < -0.4 is 0 Å². The van der Waals surface area contributed by atoms with Gasteiger partial charge in [0.05, 0.1) is 5.75 Å². The number of hydrogen-bond donors (Lipinski definition) is 1. The Labute approximate surface area is 92.7 Å². The topological polar surface area (TPSA) is 60.9 Å². The van der Waals surface area contributed by atoms with E-state index in [1.165, 1.54) is 4.31 Å². The summed E-state index contributed by atoms with van der Waals surface area (Å²) in [5.41, 5.74) is 0. The lowest BCUT2D eigenvalue weighted by atomic mass is 10.4. The third kappa shape index (κ3) is 6.83. The summed E-state index contributed by atoms with van der Waals surface area (Å²) >= 11 is 0. The van der Waals surface area contributed by atoms with Gasteiger partial charge in [0.2, 0.25) is 10.0 Å². The van der Waals surface area contributed by atoms with Gasteiger partial charge >= 0.3 is 0 Å². The van der Waals surface area contributed by atoms with Crippen LogP contribution in [0.5, 0.6) is 0 Å². The zero-order valence-corrected chi connectivity index (χ0v) is 10.6. The molecule has 0 amide bonds. The Morgan fingerprint density at radius 1 is 1.07 bits per heavy atom. The maximum atomic E-state index is 11.6. The molecule has 0 unspecified atom stereocenters. The lowest BCUT2D eigenvalue weighted by Gasteiger charge is -2.18. The van der Waals surface area contributed by atoms with E-state index in [9.17, 15) is 8.42 Å². The first-order valence-corrected chi connectivity index (χ1v) is 6.70. The van der Waals surface area contributed by atoms with Crippen LogP contribution in [0.2, 0.25) is 0 Å². The normalized spacial score (nSPS) is 12.7. The van der Waals surface area contributed by atoms with Crippen LogP contribution in [0.4, 0.5) is 0 Å². The maximum absolute atomic E-state index is 11.6. The average Bonchev–Trinajstić information content (AvgIpc) is 2.14. The van der Waals surface area contributed by atoms with Crippen molar-refractivity contribution in [3.63, 3.8) is 0 Å². The second-order valence-corrected chi connectivity index (χ2v) is 6.07. The molecule has 0 fully saturated rings. The minimum atomic E-state index is -3.17. The fourth-order valence-electron chi connectivity index (χ4n) is 1.15. The second kappa shape index (κ2) is 7.16. The van der Waals surface area contributed by atoms with Crippen molar-refractivity contribution in [3.05, 3.63) is 0 Å². The number of nitrogens with zero attached hydrogens (tertiary/aromatic N) is 2. The molecule has 0 spiro atoms. The molecule has 92 valence electrons. The molecule has 0 aliphatic heterocycles. The monoisotopic (exact) mass is 238 g/mol. The Morgan fingerprint density at radius 3 is 2.13 bits per heavy atom. The largest absolute Gasteiger partial charge is 0.396 e. The van der Waals surface area contributed by atoms with Crippen LogP contribution in [0.3, 0.4) is 0 Å². The number of aliphatic hydroxyl groups is 1. The minimum absolute atomic E-state index is 0.0297. The van der Waals surface area contributed by atoms with E-state index in [0.29, 0.717) is 13.0 Å². The molecular formula is C9H22N2O3S. The summed E-state index contributed by atoms with van der Waals surface area (Å²) in [6.45, 7) is 1.33. The predicted octanol–water partition coefficient (Wildman–Crippen LogP) is -0.418. The molecule has 5 nitrogen and oxygen atoms in total. The Bertz CT molecular complexity index is 252. The third-order valence-corrected chi connectivity index (χ3v) is 4.05. The summed E-state index contributed by atoms with van der Waals surface area (Å²) in [6.07, 6.45) is 1.13. The molecule has 6 heteroatoms. The molecule has 0 bridgehead atoms. The highest BCUT2D eigenvalue weighted by Crippen LogP contribution is 2.01. The van der Waals surface area contributed by atoms with E-state index in [-0.39, 0.29) is 12.4 Å². The van der Waals surface area contributed by atoms with Crippen molar-refractivity contribution in [2.24, 2.45) is 0 Å². The van der Waals surface area contributed by atoms with Crippen molar-refractivity contribution in [1.29, 1.82) is 0 Å². The van der Waals surface area contributed by atoms with Crippen LogP contribution in [0.1, 0.15) is 12.8 Å². The lowest BCUT2D eigenvalue weighted by molar-refractivity contribution is 0.294. The summed E-state index contributed by atoms with van der Waals surface area (Å²) in [4.78, 5) is 2.02. The molecule has 0 aromatic rings. The molecule has 0 aromatic carbocycles. The average molecular weight is 238 g/mol. The number of aliphatic hydroxyl groups excluding tert-OH is 1. The van der Waals surface area contributed by atoms with Gasteiger partial charge in [-0.05, 0) is 33.5 Å². The summed E-state index contributed by atoms with van der Waals surface area (Å²) in [7, 11) is 2.34. The van der Waals surface area contributed by atoms with Crippen LogP contribution >= 0.6 is 0 Å². The number of rotatable bonds is 8. The molecule has 0 radical (unpaired) electrons. The van der Waals surface area contributed by atoms with Gasteiger partial charge < -0.3 is 10.0 Å². The number of sulfonamides is 1. The molecule has 0 heterocycles. The zero-order valence-electron chi connectivity index (χ0n) is 9.81. The van der Waals surface area contributed by atoms with Crippen molar-refractivity contribution in [1.82, 2.24) is 9.21 Å². The van der Waals surface area contributed by atoms with E-state index < -0.39 is 10.0 Å². The first kappa shape index (κ1) is 14.8. The minimum Gasteiger partial charge on any atom is -0.396 e. The van der Waals surface area contributed by atoms with Gasteiger partial charge in [-0.1, -0.05) is 0 Å². The zero-order chi connectivity index (χ0) is 11.9. The van der Waals surface area contributed by atoms with Crippen molar-refractivity contribution in [2.45, 2.75) is 12.8 Å². The summed E-state index contributed by atoms with van der Waals surface area (Å²) < 4.78 is 24.5. The highest BCUT2D eigenvalue weighted by Gasteiger charge is 2.16. The summed E-state index contributed by atoms with van der Waals surface area (Å²) in [5, 5.41) is 8.57. The van der Waals surface area contributed by atoms with Gasteiger partial charge in [-0.15, -0.1) is 0 Å². The Kier molecular flexibility index (Phi) is 7.08. The van der Waals surface area contributed by atoms with Gasteiger partial charge in [0.15, 0.2) is 0 Å². The Hall–Kier alpha value is -0.170. The van der Waals surface area contributed by atoms with Gasteiger partial charge in [0.1, 0.15) is 0 Å². The van der Waals surface area contributed by atoms with Crippen LogP contribution in [0.15, 0.2) is 0 Å². The molecule has 0 rings (SSSR count). The molecule has 0 saturated heterocycles. The lowest BCUT2D eigenvalue weighted by Crippen LogP contribution is -2.32. The van der Waals surface area contributed by atoms with E-state index >= 15 is 0 Å². The SMILES string of the molecule is CN(C)CCCN(C)S(=O)(=O)CCCO. The fraction of sp³-hybridized carbons (Fsp3) is 1.00. The molecule has 0 aromatic heterocycles. The van der Waals surface area contributed by atoms with Crippen LogP contribution in [0, 0.1) is 0 Å². The third-order valence-electron chi connectivity index (χ3n) is 2.11. The van der Waals surface area contributed by atoms with Gasteiger partial charge in [-0.2, -0.15) is 0 Å². The molecule has 1 N–H and O–H groups in total. The van der Waals surface area contributed by atoms with E-state index in [1.54, 1.807) is 7.05 Å².